The van der Waals surface area contributed by atoms with Crippen LogP contribution in [-0.2, 0) is 14.8 Å². The standard InChI is InChI=1S/C11H16Cl2N2O3S.ClH/c1-18-7-6-14-4-5-15-19(16,17)11-3-2-9(12)8-10(11)13;/h2-3,8,14-15H,4-7H2,1H3;1H. The zero-order valence-corrected chi connectivity index (χ0v) is 14.0. The molecule has 20 heavy (non-hydrogen) atoms. The first-order valence-corrected chi connectivity index (χ1v) is 7.85. The van der Waals surface area contributed by atoms with Crippen LogP contribution in [0.25, 0.3) is 0 Å². The fraction of sp³-hybridized carbons (Fsp3) is 0.455. The third kappa shape index (κ3) is 6.58. The highest BCUT2D eigenvalue weighted by Gasteiger charge is 2.17. The summed E-state index contributed by atoms with van der Waals surface area (Å²) in [5, 5.41) is 3.53. The molecule has 2 N–H and O–H groups in total. The lowest BCUT2D eigenvalue weighted by atomic mass is 10.4. The summed E-state index contributed by atoms with van der Waals surface area (Å²) in [4.78, 5) is 0.0236. The first kappa shape index (κ1) is 19.9. The van der Waals surface area contributed by atoms with E-state index in [9.17, 15) is 8.42 Å². The van der Waals surface area contributed by atoms with Crippen LogP contribution in [0.1, 0.15) is 0 Å². The summed E-state index contributed by atoms with van der Waals surface area (Å²) in [6, 6.07) is 4.26. The van der Waals surface area contributed by atoms with E-state index in [1.54, 1.807) is 7.11 Å². The molecule has 0 amide bonds. The first-order chi connectivity index (χ1) is 8.97. The topological polar surface area (TPSA) is 67.4 Å². The Morgan fingerprint density at radius 3 is 2.50 bits per heavy atom. The normalized spacial score (nSPS) is 11.2. The minimum Gasteiger partial charge on any atom is -0.383 e. The molecule has 0 atom stereocenters. The molecular weight excluding hydrogens is 347 g/mol. The second-order valence-corrected chi connectivity index (χ2v) is 6.29. The van der Waals surface area contributed by atoms with Crippen molar-refractivity contribution in [2.24, 2.45) is 0 Å². The van der Waals surface area contributed by atoms with Crippen molar-refractivity contribution in [1.29, 1.82) is 0 Å². The highest BCUT2D eigenvalue weighted by Crippen LogP contribution is 2.24. The molecule has 0 aliphatic carbocycles. The Kier molecular flexibility index (Phi) is 9.74. The van der Waals surface area contributed by atoms with Gasteiger partial charge in [0.2, 0.25) is 10.0 Å². The number of rotatable bonds is 8. The van der Waals surface area contributed by atoms with E-state index in [1.165, 1.54) is 18.2 Å². The van der Waals surface area contributed by atoms with Gasteiger partial charge in [-0.1, -0.05) is 23.2 Å². The van der Waals surface area contributed by atoms with Crippen molar-refractivity contribution in [3.05, 3.63) is 28.2 Å². The summed E-state index contributed by atoms with van der Waals surface area (Å²) in [5.41, 5.74) is 0. The second kappa shape index (κ2) is 9.78. The van der Waals surface area contributed by atoms with Crippen LogP contribution in [0, 0.1) is 0 Å². The van der Waals surface area contributed by atoms with Gasteiger partial charge < -0.3 is 10.1 Å². The minimum atomic E-state index is -3.61. The minimum absolute atomic E-state index is 0. The van der Waals surface area contributed by atoms with Gasteiger partial charge in [0.25, 0.3) is 0 Å². The van der Waals surface area contributed by atoms with Gasteiger partial charge in [-0.25, -0.2) is 13.1 Å². The lowest BCUT2D eigenvalue weighted by Gasteiger charge is -2.09. The maximum atomic E-state index is 12.0. The first-order valence-electron chi connectivity index (χ1n) is 5.62. The average Bonchev–Trinajstić information content (AvgIpc) is 2.33. The number of methoxy groups -OCH3 is 1. The van der Waals surface area contributed by atoms with Crippen molar-refractivity contribution in [3.63, 3.8) is 0 Å². The molecule has 0 saturated carbocycles. The summed E-state index contributed by atoms with van der Waals surface area (Å²) in [5.74, 6) is 0. The number of hydrogen-bond donors (Lipinski definition) is 2. The summed E-state index contributed by atoms with van der Waals surface area (Å²) in [6.45, 7) is 2.02. The highest BCUT2D eigenvalue weighted by atomic mass is 35.5. The fourth-order valence-electron chi connectivity index (χ4n) is 1.34. The number of ether oxygens (including phenoxy) is 1. The highest BCUT2D eigenvalue weighted by molar-refractivity contribution is 7.89. The number of halogens is 3. The molecule has 0 aliphatic heterocycles. The van der Waals surface area contributed by atoms with Crippen LogP contribution in [-0.4, -0.2) is 41.8 Å². The third-order valence-corrected chi connectivity index (χ3v) is 4.44. The quantitative estimate of drug-likeness (QED) is 0.693. The summed E-state index contributed by atoms with van der Waals surface area (Å²) in [6.07, 6.45) is 0. The van der Waals surface area contributed by atoms with E-state index < -0.39 is 10.0 Å². The maximum Gasteiger partial charge on any atom is 0.242 e. The Labute approximate surface area is 135 Å². The van der Waals surface area contributed by atoms with Gasteiger partial charge in [-0.15, -0.1) is 12.4 Å². The Morgan fingerprint density at radius 2 is 1.90 bits per heavy atom. The van der Waals surface area contributed by atoms with Gasteiger partial charge in [0.05, 0.1) is 11.6 Å². The van der Waals surface area contributed by atoms with Crippen LogP contribution in [0.2, 0.25) is 10.0 Å². The van der Waals surface area contributed by atoms with E-state index in [1.807, 2.05) is 0 Å². The number of hydrogen-bond acceptors (Lipinski definition) is 4. The van der Waals surface area contributed by atoms with Crippen molar-refractivity contribution in [2.45, 2.75) is 4.90 Å². The van der Waals surface area contributed by atoms with Gasteiger partial charge >= 0.3 is 0 Å². The molecule has 1 aromatic rings. The Balaban J connectivity index is 0.00000361. The van der Waals surface area contributed by atoms with Gasteiger partial charge in [-0.05, 0) is 18.2 Å². The predicted octanol–water partition coefficient (Wildman–Crippen LogP) is 1.93. The molecular formula is C11H17Cl3N2O3S. The zero-order chi connectivity index (χ0) is 14.3. The fourth-order valence-corrected chi connectivity index (χ4v) is 3.15. The van der Waals surface area contributed by atoms with Crippen molar-refractivity contribution < 1.29 is 13.2 Å². The van der Waals surface area contributed by atoms with E-state index in [4.69, 9.17) is 27.9 Å². The molecule has 0 aromatic heterocycles. The molecule has 1 aromatic carbocycles. The molecule has 9 heteroatoms. The number of nitrogens with one attached hydrogen (secondary N) is 2. The molecule has 0 spiro atoms. The van der Waals surface area contributed by atoms with Crippen molar-refractivity contribution in [2.75, 3.05) is 33.4 Å². The summed E-state index contributed by atoms with van der Waals surface area (Å²) >= 11 is 11.6. The van der Waals surface area contributed by atoms with Crippen molar-refractivity contribution in [3.8, 4) is 0 Å². The number of benzene rings is 1. The molecule has 1 rings (SSSR count). The van der Waals surface area contributed by atoms with E-state index >= 15 is 0 Å². The van der Waals surface area contributed by atoms with E-state index in [0.29, 0.717) is 24.7 Å². The van der Waals surface area contributed by atoms with Crippen molar-refractivity contribution >= 4 is 45.6 Å². The lowest BCUT2D eigenvalue weighted by Crippen LogP contribution is -2.33. The van der Waals surface area contributed by atoms with E-state index in [-0.39, 0.29) is 28.9 Å². The molecule has 0 radical (unpaired) electrons. The SMILES string of the molecule is COCCNCCNS(=O)(=O)c1ccc(Cl)cc1Cl.Cl. The number of sulfonamides is 1. The summed E-state index contributed by atoms with van der Waals surface area (Å²) < 4.78 is 31.2. The van der Waals surface area contributed by atoms with Gasteiger partial charge in [-0.2, -0.15) is 0 Å². The maximum absolute atomic E-state index is 12.0. The molecule has 0 fully saturated rings. The monoisotopic (exact) mass is 362 g/mol. The Bertz CT molecular complexity index is 512. The van der Waals surface area contributed by atoms with Gasteiger partial charge in [-0.3, -0.25) is 0 Å². The zero-order valence-electron chi connectivity index (χ0n) is 10.9. The smallest absolute Gasteiger partial charge is 0.242 e. The molecule has 0 saturated heterocycles. The Morgan fingerprint density at radius 1 is 1.20 bits per heavy atom. The van der Waals surface area contributed by atoms with Gasteiger partial charge in [0, 0.05) is 31.8 Å². The molecule has 0 heterocycles. The Hall–Kier alpha value is -0.0800. The second-order valence-electron chi connectivity index (χ2n) is 3.72. The predicted molar refractivity (Wildman–Crippen MR) is 83.6 cm³/mol. The lowest BCUT2D eigenvalue weighted by molar-refractivity contribution is 0.199. The molecule has 0 bridgehead atoms. The van der Waals surface area contributed by atoms with Gasteiger partial charge in [0.1, 0.15) is 4.90 Å². The van der Waals surface area contributed by atoms with Crippen LogP contribution in [0.3, 0.4) is 0 Å². The third-order valence-electron chi connectivity index (χ3n) is 2.26. The largest absolute Gasteiger partial charge is 0.383 e. The summed E-state index contributed by atoms with van der Waals surface area (Å²) in [7, 11) is -2.01. The van der Waals surface area contributed by atoms with Crippen molar-refractivity contribution in [1.82, 2.24) is 10.0 Å². The van der Waals surface area contributed by atoms with Crippen LogP contribution in [0.5, 0.6) is 0 Å². The van der Waals surface area contributed by atoms with Crippen LogP contribution >= 0.6 is 35.6 Å². The molecule has 0 aliphatic rings. The molecule has 116 valence electrons. The molecule has 5 nitrogen and oxygen atoms in total. The van der Waals surface area contributed by atoms with Gasteiger partial charge in [0.15, 0.2) is 0 Å². The van der Waals surface area contributed by atoms with Crippen LogP contribution in [0.4, 0.5) is 0 Å². The van der Waals surface area contributed by atoms with Crippen LogP contribution < -0.4 is 10.0 Å². The van der Waals surface area contributed by atoms with E-state index in [2.05, 4.69) is 10.0 Å². The average molecular weight is 364 g/mol. The molecule has 0 unspecified atom stereocenters. The van der Waals surface area contributed by atoms with E-state index in [0.717, 1.165) is 0 Å². The van der Waals surface area contributed by atoms with Crippen LogP contribution in [0.15, 0.2) is 23.1 Å².